The van der Waals surface area contributed by atoms with Crippen LogP contribution in [0.25, 0.3) is 0 Å². The van der Waals surface area contributed by atoms with E-state index >= 15 is 0 Å². The Kier molecular flexibility index (Phi) is 6.54. The number of hydrogen-bond acceptors (Lipinski definition) is 3. The topological polar surface area (TPSA) is 58.6 Å². The fourth-order valence-corrected chi connectivity index (χ4v) is 1.74. The smallest absolute Gasteiger partial charge is 0.252 e. The second-order valence-corrected chi connectivity index (χ2v) is 4.38. The molecule has 5 heteroatoms. The molecule has 0 fully saturated rings. The average Bonchev–Trinajstić information content (AvgIpc) is 2.36. The summed E-state index contributed by atoms with van der Waals surface area (Å²) < 4.78 is 4.94. The van der Waals surface area contributed by atoms with Crippen LogP contribution in [0.1, 0.15) is 29.6 Å². The zero-order valence-corrected chi connectivity index (χ0v) is 11.2. The summed E-state index contributed by atoms with van der Waals surface area (Å²) in [6.45, 7) is 1.33. The van der Waals surface area contributed by atoms with Gasteiger partial charge in [0.15, 0.2) is 0 Å². The van der Waals surface area contributed by atoms with E-state index in [-0.39, 0.29) is 11.7 Å². The molecule has 0 saturated carbocycles. The highest BCUT2D eigenvalue weighted by atomic mass is 35.5. The van der Waals surface area contributed by atoms with Crippen LogP contribution in [-0.2, 0) is 4.74 Å². The van der Waals surface area contributed by atoms with E-state index in [1.165, 1.54) is 18.2 Å². The third kappa shape index (κ3) is 4.94. The van der Waals surface area contributed by atoms with Crippen molar-refractivity contribution < 1.29 is 14.6 Å². The normalized spacial score (nSPS) is 10.3. The number of carbonyl (C=O) groups excluding carboxylic acids is 1. The van der Waals surface area contributed by atoms with Gasteiger partial charge in [-0.15, -0.1) is 0 Å². The summed E-state index contributed by atoms with van der Waals surface area (Å²) >= 11 is 5.88. The first-order valence-electron chi connectivity index (χ1n) is 5.91. The number of halogens is 1. The average molecular weight is 272 g/mol. The van der Waals surface area contributed by atoms with Crippen molar-refractivity contribution in [3.63, 3.8) is 0 Å². The molecule has 4 nitrogen and oxygen atoms in total. The maximum absolute atomic E-state index is 11.8. The van der Waals surface area contributed by atoms with Gasteiger partial charge in [-0.05, 0) is 37.5 Å². The fraction of sp³-hybridized carbons (Fsp3) is 0.462. The van der Waals surface area contributed by atoms with E-state index in [1.54, 1.807) is 7.11 Å². The van der Waals surface area contributed by atoms with Crippen LogP contribution in [-0.4, -0.2) is 31.3 Å². The SMILES string of the molecule is COCCCCCNC(=O)c1cc(O)ccc1Cl. The molecule has 100 valence electrons. The first-order chi connectivity index (χ1) is 8.65. The first kappa shape index (κ1) is 14.8. The molecule has 1 rings (SSSR count). The van der Waals surface area contributed by atoms with Gasteiger partial charge < -0.3 is 15.2 Å². The number of carbonyl (C=O) groups is 1. The first-order valence-corrected chi connectivity index (χ1v) is 6.28. The maximum Gasteiger partial charge on any atom is 0.252 e. The van der Waals surface area contributed by atoms with Crippen molar-refractivity contribution >= 4 is 17.5 Å². The van der Waals surface area contributed by atoms with Crippen LogP contribution < -0.4 is 5.32 Å². The molecule has 1 aromatic rings. The van der Waals surface area contributed by atoms with Crippen molar-refractivity contribution in [1.82, 2.24) is 5.32 Å². The molecule has 0 unspecified atom stereocenters. The number of ether oxygens (including phenoxy) is 1. The van der Waals surface area contributed by atoms with Crippen molar-refractivity contribution in [2.24, 2.45) is 0 Å². The molecule has 0 atom stereocenters. The van der Waals surface area contributed by atoms with Crippen LogP contribution in [0.15, 0.2) is 18.2 Å². The Morgan fingerprint density at radius 2 is 2.17 bits per heavy atom. The van der Waals surface area contributed by atoms with E-state index in [4.69, 9.17) is 16.3 Å². The molecule has 1 aromatic carbocycles. The molecule has 0 aromatic heterocycles. The Bertz CT molecular complexity index is 396. The van der Waals surface area contributed by atoms with Crippen molar-refractivity contribution in [2.45, 2.75) is 19.3 Å². The van der Waals surface area contributed by atoms with Gasteiger partial charge in [-0.2, -0.15) is 0 Å². The summed E-state index contributed by atoms with van der Waals surface area (Å²) in [6, 6.07) is 4.32. The van der Waals surface area contributed by atoms with Crippen molar-refractivity contribution in [2.75, 3.05) is 20.3 Å². The molecule has 0 heterocycles. The van der Waals surface area contributed by atoms with Gasteiger partial charge in [-0.1, -0.05) is 11.6 Å². The number of amides is 1. The quantitative estimate of drug-likeness (QED) is 0.750. The van der Waals surface area contributed by atoms with Gasteiger partial charge in [0, 0.05) is 20.3 Å². The Balaban J connectivity index is 2.34. The number of methoxy groups -OCH3 is 1. The van der Waals surface area contributed by atoms with Crippen LogP contribution in [0.2, 0.25) is 5.02 Å². The largest absolute Gasteiger partial charge is 0.508 e. The third-order valence-electron chi connectivity index (χ3n) is 2.51. The number of nitrogens with one attached hydrogen (secondary N) is 1. The number of hydrogen-bond donors (Lipinski definition) is 2. The molecule has 0 spiro atoms. The van der Waals surface area contributed by atoms with Gasteiger partial charge in [-0.25, -0.2) is 0 Å². The zero-order chi connectivity index (χ0) is 13.4. The van der Waals surface area contributed by atoms with E-state index < -0.39 is 0 Å². The molecule has 1 amide bonds. The van der Waals surface area contributed by atoms with E-state index in [0.717, 1.165) is 25.9 Å². The van der Waals surface area contributed by atoms with Gasteiger partial charge >= 0.3 is 0 Å². The van der Waals surface area contributed by atoms with Crippen LogP contribution in [0.3, 0.4) is 0 Å². The lowest BCUT2D eigenvalue weighted by Gasteiger charge is -2.07. The molecule has 0 aliphatic carbocycles. The Hall–Kier alpha value is -1.26. The summed E-state index contributed by atoms with van der Waals surface area (Å²) in [6.07, 6.45) is 2.88. The van der Waals surface area contributed by atoms with Gasteiger partial charge in [0.25, 0.3) is 5.91 Å². The maximum atomic E-state index is 11.8. The predicted molar refractivity (Wildman–Crippen MR) is 71.2 cm³/mol. The standard InChI is InChI=1S/C13H18ClNO3/c1-18-8-4-2-3-7-15-13(17)11-9-10(16)5-6-12(11)14/h5-6,9,16H,2-4,7-8H2,1H3,(H,15,17). The number of rotatable bonds is 7. The monoisotopic (exact) mass is 271 g/mol. The lowest BCUT2D eigenvalue weighted by atomic mass is 10.2. The third-order valence-corrected chi connectivity index (χ3v) is 2.83. The minimum Gasteiger partial charge on any atom is -0.508 e. The van der Waals surface area contributed by atoms with Crippen LogP contribution >= 0.6 is 11.6 Å². The minimum atomic E-state index is -0.261. The molecular weight excluding hydrogens is 254 g/mol. The molecule has 0 radical (unpaired) electrons. The Morgan fingerprint density at radius 3 is 2.89 bits per heavy atom. The molecular formula is C13H18ClNO3. The molecule has 0 bridgehead atoms. The summed E-state index contributed by atoms with van der Waals surface area (Å²) in [7, 11) is 1.67. The van der Waals surface area contributed by atoms with Crippen molar-refractivity contribution in [1.29, 1.82) is 0 Å². The lowest BCUT2D eigenvalue weighted by molar-refractivity contribution is 0.0952. The molecule has 18 heavy (non-hydrogen) atoms. The zero-order valence-electron chi connectivity index (χ0n) is 10.4. The summed E-state index contributed by atoms with van der Waals surface area (Å²) in [5.41, 5.74) is 0.300. The van der Waals surface area contributed by atoms with Gasteiger partial charge in [-0.3, -0.25) is 4.79 Å². The number of aromatic hydroxyl groups is 1. The number of benzene rings is 1. The van der Waals surface area contributed by atoms with Gasteiger partial charge in [0.05, 0.1) is 10.6 Å². The second-order valence-electron chi connectivity index (χ2n) is 3.97. The molecule has 0 aliphatic rings. The lowest BCUT2D eigenvalue weighted by Crippen LogP contribution is -2.24. The number of phenols is 1. The van der Waals surface area contributed by atoms with E-state index in [1.807, 2.05) is 0 Å². The van der Waals surface area contributed by atoms with Crippen molar-refractivity contribution in [3.8, 4) is 5.75 Å². The Labute approximate surface area is 112 Å². The highest BCUT2D eigenvalue weighted by Crippen LogP contribution is 2.20. The van der Waals surface area contributed by atoms with E-state index in [9.17, 15) is 9.90 Å². The van der Waals surface area contributed by atoms with E-state index in [2.05, 4.69) is 5.32 Å². The number of unbranched alkanes of at least 4 members (excludes halogenated alkanes) is 2. The fourth-order valence-electron chi connectivity index (χ4n) is 1.53. The van der Waals surface area contributed by atoms with Crippen LogP contribution in [0.4, 0.5) is 0 Å². The predicted octanol–water partition coefficient (Wildman–Crippen LogP) is 2.59. The Morgan fingerprint density at radius 1 is 1.39 bits per heavy atom. The second kappa shape index (κ2) is 7.95. The number of phenolic OH excluding ortho intramolecular Hbond substituents is 1. The summed E-state index contributed by atoms with van der Waals surface area (Å²) in [5.74, 6) is -0.229. The summed E-state index contributed by atoms with van der Waals surface area (Å²) in [4.78, 5) is 11.8. The van der Waals surface area contributed by atoms with Crippen LogP contribution in [0.5, 0.6) is 5.75 Å². The van der Waals surface area contributed by atoms with Gasteiger partial charge in [0.1, 0.15) is 5.75 Å². The highest BCUT2D eigenvalue weighted by molar-refractivity contribution is 6.33. The highest BCUT2D eigenvalue weighted by Gasteiger charge is 2.10. The van der Waals surface area contributed by atoms with Crippen LogP contribution in [0, 0.1) is 0 Å². The minimum absolute atomic E-state index is 0.0321. The van der Waals surface area contributed by atoms with Gasteiger partial charge in [0.2, 0.25) is 0 Å². The molecule has 0 saturated heterocycles. The van der Waals surface area contributed by atoms with Crippen molar-refractivity contribution in [3.05, 3.63) is 28.8 Å². The molecule has 0 aliphatic heterocycles. The molecule has 2 N–H and O–H groups in total. The van der Waals surface area contributed by atoms with E-state index in [0.29, 0.717) is 17.1 Å². The summed E-state index contributed by atoms with van der Waals surface area (Å²) in [5, 5.41) is 12.4.